The first-order valence-electron chi connectivity index (χ1n) is 8.41. The number of methoxy groups -OCH3 is 1. The smallest absolute Gasteiger partial charge is 0.232 e. The van der Waals surface area contributed by atoms with Gasteiger partial charge in [0.25, 0.3) is 0 Å². The largest absolute Gasteiger partial charge is 0.494 e. The minimum absolute atomic E-state index is 0.167. The Kier molecular flexibility index (Phi) is 5.09. The number of rotatable bonds is 4. The van der Waals surface area contributed by atoms with Gasteiger partial charge in [0.05, 0.1) is 19.7 Å². The fourth-order valence-corrected chi connectivity index (χ4v) is 2.67. The molecule has 0 N–H and O–H groups in total. The SMILES string of the molecule is COc1cnc2c(Cc3nc(C(C)(Cl)Cl)no3)noc2c1C#Cc1ccccn1. The molecule has 0 fully saturated rings. The normalized spacial score (nSPS) is 11.3. The first-order chi connectivity index (χ1) is 14.0. The van der Waals surface area contributed by atoms with Crippen LogP contribution < -0.4 is 4.74 Å². The zero-order valence-electron chi connectivity index (χ0n) is 15.3. The first-order valence-corrected chi connectivity index (χ1v) is 9.16. The highest BCUT2D eigenvalue weighted by Crippen LogP contribution is 2.31. The van der Waals surface area contributed by atoms with Crippen LogP contribution in [0.1, 0.15) is 35.6 Å². The van der Waals surface area contributed by atoms with E-state index in [1.54, 1.807) is 25.4 Å². The summed E-state index contributed by atoms with van der Waals surface area (Å²) in [5, 5.41) is 7.86. The van der Waals surface area contributed by atoms with Crippen molar-refractivity contribution in [1.82, 2.24) is 25.3 Å². The summed E-state index contributed by atoms with van der Waals surface area (Å²) in [4.78, 5) is 12.7. The summed E-state index contributed by atoms with van der Waals surface area (Å²) in [6, 6.07) is 5.48. The summed E-state index contributed by atoms with van der Waals surface area (Å²) in [6.45, 7) is 1.55. The van der Waals surface area contributed by atoms with Crippen LogP contribution in [0, 0.1) is 11.8 Å². The lowest BCUT2D eigenvalue weighted by Crippen LogP contribution is -2.06. The van der Waals surface area contributed by atoms with Gasteiger partial charge in [0.15, 0.2) is 10.1 Å². The summed E-state index contributed by atoms with van der Waals surface area (Å²) in [5.74, 6) is 6.91. The average molecular weight is 430 g/mol. The topological polar surface area (TPSA) is 100.0 Å². The minimum atomic E-state index is -1.26. The van der Waals surface area contributed by atoms with E-state index in [1.165, 1.54) is 7.11 Å². The molecule has 4 rings (SSSR count). The van der Waals surface area contributed by atoms with Crippen molar-refractivity contribution in [2.24, 2.45) is 0 Å². The Bertz CT molecular complexity index is 1220. The summed E-state index contributed by atoms with van der Waals surface area (Å²) in [5.41, 5.74) is 2.53. The number of halogens is 2. The molecule has 29 heavy (non-hydrogen) atoms. The molecule has 0 saturated carbocycles. The van der Waals surface area contributed by atoms with Gasteiger partial charge in [0.1, 0.15) is 22.5 Å². The van der Waals surface area contributed by atoms with Gasteiger partial charge in [-0.05, 0) is 25.0 Å². The van der Waals surface area contributed by atoms with Crippen LogP contribution in [0.15, 0.2) is 39.6 Å². The molecule has 0 radical (unpaired) electrons. The van der Waals surface area contributed by atoms with Gasteiger partial charge in [-0.15, -0.1) is 0 Å². The van der Waals surface area contributed by atoms with Crippen LogP contribution in [0.3, 0.4) is 0 Å². The zero-order chi connectivity index (χ0) is 20.4. The van der Waals surface area contributed by atoms with Crippen molar-refractivity contribution in [3.8, 4) is 17.6 Å². The number of pyridine rings is 2. The fourth-order valence-electron chi connectivity index (χ4n) is 2.52. The standard InChI is InChI=1S/C19H13Cl2N5O3/c1-19(20,21)18-24-15(28-26-18)9-13-16-17(29-25-13)12(14(27-2)10-23-16)7-6-11-5-3-4-8-22-11/h3-5,8,10H,9H2,1-2H3. The first kappa shape index (κ1) is 19.2. The highest BCUT2D eigenvalue weighted by molar-refractivity contribution is 6.47. The molecule has 10 heteroatoms. The Morgan fingerprint density at radius 2 is 2.00 bits per heavy atom. The summed E-state index contributed by atoms with van der Waals surface area (Å²) in [6.07, 6.45) is 3.41. The molecule has 0 bridgehead atoms. The van der Waals surface area contributed by atoms with Crippen molar-refractivity contribution in [2.45, 2.75) is 17.7 Å². The van der Waals surface area contributed by atoms with E-state index in [2.05, 4.69) is 37.1 Å². The number of nitrogens with zero attached hydrogens (tertiary/aromatic N) is 5. The molecular formula is C19H13Cl2N5O3. The second kappa shape index (κ2) is 7.70. The Morgan fingerprint density at radius 3 is 2.69 bits per heavy atom. The molecule has 4 heterocycles. The molecule has 0 aliphatic heterocycles. The maximum absolute atomic E-state index is 5.99. The molecule has 0 saturated heterocycles. The van der Waals surface area contributed by atoms with E-state index in [0.717, 1.165) is 0 Å². The van der Waals surface area contributed by atoms with E-state index in [-0.39, 0.29) is 18.1 Å². The number of alkyl halides is 2. The molecule has 0 aliphatic rings. The molecule has 8 nitrogen and oxygen atoms in total. The van der Waals surface area contributed by atoms with Crippen LogP contribution >= 0.6 is 23.2 Å². The summed E-state index contributed by atoms with van der Waals surface area (Å²) >= 11 is 12.0. The fraction of sp³-hybridized carbons (Fsp3) is 0.211. The molecule has 146 valence electrons. The number of ether oxygens (including phenoxy) is 1. The van der Waals surface area contributed by atoms with Crippen molar-refractivity contribution >= 4 is 34.3 Å². The van der Waals surface area contributed by atoms with Crippen LogP contribution in [0.2, 0.25) is 0 Å². The van der Waals surface area contributed by atoms with Gasteiger partial charge in [-0.1, -0.05) is 45.5 Å². The molecular weight excluding hydrogens is 417 g/mol. The molecule has 0 aliphatic carbocycles. The van der Waals surface area contributed by atoms with Gasteiger partial charge >= 0.3 is 0 Å². The molecule has 0 amide bonds. The van der Waals surface area contributed by atoms with E-state index < -0.39 is 4.33 Å². The van der Waals surface area contributed by atoms with E-state index in [0.29, 0.717) is 33.8 Å². The van der Waals surface area contributed by atoms with Crippen LogP contribution in [-0.4, -0.2) is 32.4 Å². The quantitative estimate of drug-likeness (QED) is 0.357. The third-order valence-corrected chi connectivity index (χ3v) is 4.24. The Labute approximate surface area is 175 Å². The van der Waals surface area contributed by atoms with E-state index in [4.69, 9.17) is 37.0 Å². The minimum Gasteiger partial charge on any atom is -0.494 e. The van der Waals surface area contributed by atoms with Crippen LogP contribution in [0.25, 0.3) is 11.1 Å². The van der Waals surface area contributed by atoms with Gasteiger partial charge in [-0.2, -0.15) is 4.98 Å². The average Bonchev–Trinajstić information content (AvgIpc) is 3.34. The summed E-state index contributed by atoms with van der Waals surface area (Å²) in [7, 11) is 1.53. The predicted octanol–water partition coefficient (Wildman–Crippen LogP) is 3.65. The number of hydrogen-bond acceptors (Lipinski definition) is 8. The van der Waals surface area contributed by atoms with E-state index >= 15 is 0 Å². The highest BCUT2D eigenvalue weighted by atomic mass is 35.5. The van der Waals surface area contributed by atoms with Gasteiger partial charge < -0.3 is 13.8 Å². The van der Waals surface area contributed by atoms with Gasteiger partial charge in [-0.25, -0.2) is 9.97 Å². The number of fused-ring (bicyclic) bond motifs is 1. The summed E-state index contributed by atoms with van der Waals surface area (Å²) < 4.78 is 14.8. The molecule has 4 aromatic rings. The molecule has 4 aromatic heterocycles. The Balaban J connectivity index is 1.72. The van der Waals surface area contributed by atoms with E-state index in [1.807, 2.05) is 12.1 Å². The molecule has 0 spiro atoms. The molecule has 0 unspecified atom stereocenters. The predicted molar refractivity (Wildman–Crippen MR) is 105 cm³/mol. The van der Waals surface area contributed by atoms with Crippen molar-refractivity contribution in [2.75, 3.05) is 7.11 Å². The van der Waals surface area contributed by atoms with Crippen LogP contribution in [-0.2, 0) is 10.8 Å². The van der Waals surface area contributed by atoms with Crippen molar-refractivity contribution in [1.29, 1.82) is 0 Å². The lowest BCUT2D eigenvalue weighted by molar-refractivity contribution is 0.373. The van der Waals surface area contributed by atoms with Crippen LogP contribution in [0.4, 0.5) is 0 Å². The Hall–Kier alpha value is -3.15. The van der Waals surface area contributed by atoms with Gasteiger partial charge in [0, 0.05) is 6.20 Å². The van der Waals surface area contributed by atoms with Crippen molar-refractivity contribution < 1.29 is 13.8 Å². The van der Waals surface area contributed by atoms with Crippen molar-refractivity contribution in [3.05, 3.63) is 59.3 Å². The number of hydrogen-bond donors (Lipinski definition) is 0. The van der Waals surface area contributed by atoms with Gasteiger partial charge in [-0.3, -0.25) is 0 Å². The molecule has 0 atom stereocenters. The second-order valence-corrected chi connectivity index (χ2v) is 7.76. The second-order valence-electron chi connectivity index (χ2n) is 6.05. The third kappa shape index (κ3) is 4.01. The highest BCUT2D eigenvalue weighted by Gasteiger charge is 2.27. The van der Waals surface area contributed by atoms with E-state index in [9.17, 15) is 0 Å². The van der Waals surface area contributed by atoms with Crippen LogP contribution in [0.5, 0.6) is 5.75 Å². The monoisotopic (exact) mass is 429 g/mol. The van der Waals surface area contributed by atoms with Crippen molar-refractivity contribution in [3.63, 3.8) is 0 Å². The zero-order valence-corrected chi connectivity index (χ0v) is 16.8. The Morgan fingerprint density at radius 1 is 1.14 bits per heavy atom. The lowest BCUT2D eigenvalue weighted by Gasteiger charge is -2.04. The lowest BCUT2D eigenvalue weighted by atomic mass is 10.1. The third-order valence-electron chi connectivity index (χ3n) is 3.90. The maximum Gasteiger partial charge on any atom is 0.232 e. The number of aromatic nitrogens is 5. The molecule has 0 aromatic carbocycles. The maximum atomic E-state index is 5.99. The van der Waals surface area contributed by atoms with Gasteiger partial charge in [0.2, 0.25) is 17.3 Å².